The van der Waals surface area contributed by atoms with Crippen LogP contribution in [0.4, 0.5) is 5.00 Å². The molecule has 1 amide bonds. The van der Waals surface area contributed by atoms with Crippen LogP contribution >= 0.6 is 22.7 Å². The number of hydrogen-bond acceptors (Lipinski definition) is 6. The van der Waals surface area contributed by atoms with E-state index in [1.165, 1.54) is 22.7 Å². The number of nitrogens with one attached hydrogen (secondary N) is 1. The van der Waals surface area contributed by atoms with E-state index in [1.54, 1.807) is 18.4 Å². The van der Waals surface area contributed by atoms with E-state index in [-0.39, 0.29) is 11.9 Å². The number of aromatic nitrogens is 1. The fraction of sp³-hybridized carbons (Fsp3) is 0.308. The second-order valence-electron chi connectivity index (χ2n) is 4.05. The van der Waals surface area contributed by atoms with E-state index in [9.17, 15) is 9.59 Å². The molecule has 0 aliphatic heterocycles. The largest absolute Gasteiger partial charge is 0.462 e. The normalized spacial score (nSPS) is 10.3. The van der Waals surface area contributed by atoms with Crippen LogP contribution in [0.2, 0.25) is 0 Å². The van der Waals surface area contributed by atoms with Crippen molar-refractivity contribution in [3.05, 3.63) is 32.6 Å². The van der Waals surface area contributed by atoms with Crippen LogP contribution in [0.5, 0.6) is 0 Å². The molecule has 0 unspecified atom stereocenters. The maximum Gasteiger partial charge on any atom is 0.348 e. The highest BCUT2D eigenvalue weighted by atomic mass is 32.1. The van der Waals surface area contributed by atoms with Crippen molar-refractivity contribution in [1.29, 1.82) is 0 Å². The molecule has 20 heavy (non-hydrogen) atoms. The molecular weight excluding hydrogens is 296 g/mol. The van der Waals surface area contributed by atoms with Gasteiger partial charge in [-0.3, -0.25) is 4.79 Å². The zero-order valence-electron chi connectivity index (χ0n) is 11.4. The second-order valence-corrected chi connectivity index (χ2v) is 6.16. The number of carbonyl (C=O) groups is 2. The molecule has 0 fully saturated rings. The van der Waals surface area contributed by atoms with Gasteiger partial charge in [-0.05, 0) is 32.4 Å². The lowest BCUT2D eigenvalue weighted by atomic mass is 10.3. The van der Waals surface area contributed by atoms with E-state index < -0.39 is 0 Å². The number of hydrogen-bond donors (Lipinski definition) is 1. The van der Waals surface area contributed by atoms with Gasteiger partial charge in [-0.2, -0.15) is 0 Å². The lowest BCUT2D eigenvalue weighted by Gasteiger charge is -1.99. The Morgan fingerprint density at radius 2 is 2.15 bits per heavy atom. The summed E-state index contributed by atoms with van der Waals surface area (Å²) in [5, 5.41) is 5.90. The SMILES string of the molecule is CCOC(=O)c1sc(NC(=O)c2csc(C)n2)cc1C. The fourth-order valence-corrected chi connectivity index (χ4v) is 3.14. The number of thiazole rings is 1. The summed E-state index contributed by atoms with van der Waals surface area (Å²) in [6, 6.07) is 1.76. The average Bonchev–Trinajstić information content (AvgIpc) is 2.96. The number of ether oxygens (including phenoxy) is 1. The first-order valence-corrected chi connectivity index (χ1v) is 7.72. The van der Waals surface area contributed by atoms with Gasteiger partial charge in [0.1, 0.15) is 10.6 Å². The summed E-state index contributed by atoms with van der Waals surface area (Å²) in [5.41, 5.74) is 1.18. The number of aryl methyl sites for hydroxylation is 2. The maximum absolute atomic E-state index is 12.0. The zero-order chi connectivity index (χ0) is 14.7. The highest BCUT2D eigenvalue weighted by Gasteiger charge is 2.17. The molecule has 2 heterocycles. The van der Waals surface area contributed by atoms with Crippen LogP contribution in [0.15, 0.2) is 11.4 Å². The third-order valence-electron chi connectivity index (χ3n) is 2.47. The van der Waals surface area contributed by atoms with Crippen LogP contribution < -0.4 is 5.32 Å². The molecule has 0 radical (unpaired) electrons. The third kappa shape index (κ3) is 3.23. The molecule has 106 valence electrons. The number of thiophene rings is 1. The molecule has 2 rings (SSSR count). The topological polar surface area (TPSA) is 68.3 Å². The third-order valence-corrected chi connectivity index (χ3v) is 4.37. The predicted octanol–water partition coefficient (Wildman–Crippen LogP) is 3.25. The van der Waals surface area contributed by atoms with Gasteiger partial charge in [-0.1, -0.05) is 0 Å². The van der Waals surface area contributed by atoms with Gasteiger partial charge in [0.05, 0.1) is 16.6 Å². The molecule has 2 aromatic rings. The van der Waals surface area contributed by atoms with Crippen molar-refractivity contribution < 1.29 is 14.3 Å². The standard InChI is InChI=1S/C13H14N2O3S2/c1-4-18-13(17)11-7(2)5-10(20-11)15-12(16)9-6-19-8(3)14-9/h5-6H,4H2,1-3H3,(H,15,16). The van der Waals surface area contributed by atoms with Crippen molar-refractivity contribution in [2.45, 2.75) is 20.8 Å². The first kappa shape index (κ1) is 14.7. The van der Waals surface area contributed by atoms with Gasteiger partial charge in [0, 0.05) is 5.38 Å². The van der Waals surface area contributed by atoms with E-state index >= 15 is 0 Å². The van der Waals surface area contributed by atoms with Crippen LogP contribution in [-0.2, 0) is 4.74 Å². The molecule has 1 N–H and O–H groups in total. The number of esters is 1. The van der Waals surface area contributed by atoms with E-state index in [0.29, 0.717) is 22.2 Å². The summed E-state index contributed by atoms with van der Waals surface area (Å²) in [5.74, 6) is -0.633. The molecule has 0 spiro atoms. The predicted molar refractivity (Wildman–Crippen MR) is 79.8 cm³/mol. The molecule has 7 heteroatoms. The highest BCUT2D eigenvalue weighted by molar-refractivity contribution is 7.18. The lowest BCUT2D eigenvalue weighted by Crippen LogP contribution is -2.11. The van der Waals surface area contributed by atoms with Gasteiger partial charge in [-0.25, -0.2) is 9.78 Å². The Morgan fingerprint density at radius 1 is 1.40 bits per heavy atom. The Bertz CT molecular complexity index is 646. The molecule has 5 nitrogen and oxygen atoms in total. The minimum atomic E-state index is -0.361. The van der Waals surface area contributed by atoms with E-state index in [0.717, 1.165) is 10.6 Å². The number of amides is 1. The van der Waals surface area contributed by atoms with Crippen molar-refractivity contribution in [3.8, 4) is 0 Å². The lowest BCUT2D eigenvalue weighted by molar-refractivity contribution is 0.0531. The quantitative estimate of drug-likeness (QED) is 0.880. The van der Waals surface area contributed by atoms with Crippen LogP contribution in [0, 0.1) is 13.8 Å². The molecule has 0 saturated heterocycles. The van der Waals surface area contributed by atoms with Crippen molar-refractivity contribution in [2.75, 3.05) is 11.9 Å². The molecule has 0 aromatic carbocycles. The van der Waals surface area contributed by atoms with E-state index in [1.807, 2.05) is 13.8 Å². The molecule has 0 atom stereocenters. The average molecular weight is 310 g/mol. The second kappa shape index (κ2) is 6.15. The summed E-state index contributed by atoms with van der Waals surface area (Å²) in [7, 11) is 0. The summed E-state index contributed by atoms with van der Waals surface area (Å²) >= 11 is 2.63. The first-order chi connectivity index (χ1) is 9.51. The Morgan fingerprint density at radius 3 is 2.75 bits per heavy atom. The van der Waals surface area contributed by atoms with E-state index in [4.69, 9.17) is 4.74 Å². The Labute approximate surface area is 124 Å². The molecule has 0 bridgehead atoms. The Kier molecular flexibility index (Phi) is 4.51. The van der Waals surface area contributed by atoms with Gasteiger partial charge in [0.25, 0.3) is 5.91 Å². The summed E-state index contributed by atoms with van der Waals surface area (Å²) in [6.07, 6.45) is 0. The van der Waals surface area contributed by atoms with Crippen molar-refractivity contribution >= 4 is 39.6 Å². The Hall–Kier alpha value is -1.73. The van der Waals surface area contributed by atoms with Crippen molar-refractivity contribution in [3.63, 3.8) is 0 Å². The number of anilines is 1. The van der Waals surface area contributed by atoms with Crippen LogP contribution in [0.1, 0.15) is 37.7 Å². The summed E-state index contributed by atoms with van der Waals surface area (Å²) in [4.78, 5) is 28.3. The maximum atomic E-state index is 12.0. The van der Waals surface area contributed by atoms with E-state index in [2.05, 4.69) is 10.3 Å². The first-order valence-electron chi connectivity index (χ1n) is 6.02. The van der Waals surface area contributed by atoms with Crippen LogP contribution in [0.25, 0.3) is 0 Å². The molecule has 2 aromatic heterocycles. The zero-order valence-corrected chi connectivity index (χ0v) is 13.0. The molecule has 0 saturated carbocycles. The Balaban J connectivity index is 2.12. The monoisotopic (exact) mass is 310 g/mol. The molecule has 0 aliphatic rings. The van der Waals surface area contributed by atoms with Crippen LogP contribution in [-0.4, -0.2) is 23.5 Å². The number of carbonyl (C=O) groups excluding carboxylic acids is 2. The van der Waals surface area contributed by atoms with Crippen molar-refractivity contribution in [1.82, 2.24) is 4.98 Å². The van der Waals surface area contributed by atoms with Crippen molar-refractivity contribution in [2.24, 2.45) is 0 Å². The summed E-state index contributed by atoms with van der Waals surface area (Å²) in [6.45, 7) is 5.74. The minimum absolute atomic E-state index is 0.272. The van der Waals surface area contributed by atoms with Gasteiger partial charge >= 0.3 is 5.97 Å². The highest BCUT2D eigenvalue weighted by Crippen LogP contribution is 2.27. The fourth-order valence-electron chi connectivity index (χ4n) is 1.59. The molecular formula is C13H14N2O3S2. The smallest absolute Gasteiger partial charge is 0.348 e. The van der Waals surface area contributed by atoms with Gasteiger partial charge in [0.2, 0.25) is 0 Å². The minimum Gasteiger partial charge on any atom is -0.462 e. The van der Waals surface area contributed by atoms with Crippen LogP contribution in [0.3, 0.4) is 0 Å². The van der Waals surface area contributed by atoms with Gasteiger partial charge in [0.15, 0.2) is 0 Å². The van der Waals surface area contributed by atoms with Gasteiger partial charge < -0.3 is 10.1 Å². The van der Waals surface area contributed by atoms with Gasteiger partial charge in [-0.15, -0.1) is 22.7 Å². The summed E-state index contributed by atoms with van der Waals surface area (Å²) < 4.78 is 4.96. The number of rotatable bonds is 4. The number of nitrogens with zero attached hydrogens (tertiary/aromatic N) is 1. The molecule has 0 aliphatic carbocycles.